The molecule has 0 bridgehead atoms. The number of carbonyl (C=O) groups is 1. The van der Waals surface area contributed by atoms with E-state index < -0.39 is 17.3 Å². The number of benzene rings is 1. The lowest BCUT2D eigenvalue weighted by molar-refractivity contribution is 0.0793. The highest BCUT2D eigenvalue weighted by atomic mass is 19.1. The number of carbonyl (C=O) groups excluding carboxylic acids is 1. The summed E-state index contributed by atoms with van der Waals surface area (Å²) in [5.41, 5.74) is 0.596. The van der Waals surface area contributed by atoms with Crippen molar-refractivity contribution in [2.24, 2.45) is 5.92 Å². The van der Waals surface area contributed by atoms with Crippen LogP contribution < -0.4 is 5.32 Å². The van der Waals surface area contributed by atoms with Gasteiger partial charge in [0, 0.05) is 29.4 Å². The molecule has 1 amide bonds. The third-order valence-electron chi connectivity index (χ3n) is 5.98. The maximum atomic E-state index is 13.1. The Balaban J connectivity index is 1.65. The average Bonchev–Trinajstić information content (AvgIpc) is 3.16. The first-order valence-corrected chi connectivity index (χ1v) is 10.5. The Morgan fingerprint density at radius 2 is 2.00 bits per heavy atom. The molecule has 4 rings (SSSR count). The molecule has 1 fully saturated rings. The van der Waals surface area contributed by atoms with Crippen LogP contribution in [0.3, 0.4) is 0 Å². The highest BCUT2D eigenvalue weighted by Gasteiger charge is 2.26. The van der Waals surface area contributed by atoms with Crippen LogP contribution in [0.4, 0.5) is 10.1 Å². The van der Waals surface area contributed by atoms with Gasteiger partial charge in [0.25, 0.3) is 5.91 Å². The van der Waals surface area contributed by atoms with Crippen LogP contribution in [0.1, 0.15) is 61.6 Å². The van der Waals surface area contributed by atoms with Crippen molar-refractivity contribution in [3.05, 3.63) is 53.7 Å². The molecule has 1 aliphatic rings. The lowest BCUT2D eigenvalue weighted by atomic mass is 9.87. The maximum absolute atomic E-state index is 13.1. The number of fused-ring (bicyclic) bond motifs is 1. The summed E-state index contributed by atoms with van der Waals surface area (Å²) < 4.78 is 15.1. The minimum Gasteiger partial charge on any atom is -0.396 e. The third-order valence-corrected chi connectivity index (χ3v) is 5.98. The normalized spacial score (nSPS) is 19.5. The Morgan fingerprint density at radius 1 is 1.26 bits per heavy atom. The molecule has 0 radical (unpaired) electrons. The second kappa shape index (κ2) is 8.36. The molecule has 1 aromatic carbocycles. The quantitative estimate of drug-likeness (QED) is 0.577. The first kappa shape index (κ1) is 21.4. The second-order valence-electron chi connectivity index (χ2n) is 8.80. The topological polar surface area (TPSA) is 100 Å². The molecule has 31 heavy (non-hydrogen) atoms. The first-order chi connectivity index (χ1) is 14.7. The molecule has 0 unspecified atom stereocenters. The van der Waals surface area contributed by atoms with Crippen molar-refractivity contribution in [3.63, 3.8) is 0 Å². The van der Waals surface area contributed by atoms with Crippen molar-refractivity contribution in [1.29, 1.82) is 0 Å². The largest absolute Gasteiger partial charge is 0.396 e. The number of hydrogen-bond acceptors (Lipinski definition) is 5. The van der Waals surface area contributed by atoms with Gasteiger partial charge in [-0.3, -0.25) is 9.48 Å². The van der Waals surface area contributed by atoms with Gasteiger partial charge >= 0.3 is 0 Å². The standard InChI is InChI=1S/C23H27FN4O3/c1-23(2,31)18-10-20-15(12-28(27-20)17-6-3-14(13-29)4-7-17)9-21(18)26-22(30)19-8-5-16(24)11-25-19/h5,8-12,14,17,29,31H,3-4,6-7,13H2,1-2H3,(H,26,30). The smallest absolute Gasteiger partial charge is 0.274 e. The van der Waals surface area contributed by atoms with E-state index in [1.165, 1.54) is 12.1 Å². The zero-order valence-corrected chi connectivity index (χ0v) is 17.7. The van der Waals surface area contributed by atoms with Gasteiger partial charge in [0.2, 0.25) is 0 Å². The molecule has 0 saturated heterocycles. The van der Waals surface area contributed by atoms with E-state index in [4.69, 9.17) is 5.10 Å². The van der Waals surface area contributed by atoms with Crippen LogP contribution >= 0.6 is 0 Å². The lowest BCUT2D eigenvalue weighted by Gasteiger charge is -2.27. The summed E-state index contributed by atoms with van der Waals surface area (Å²) in [4.78, 5) is 16.5. The van der Waals surface area contributed by atoms with Crippen LogP contribution in [0.15, 0.2) is 36.7 Å². The highest BCUT2D eigenvalue weighted by Crippen LogP contribution is 2.35. The number of halogens is 1. The molecular weight excluding hydrogens is 399 g/mol. The minimum atomic E-state index is -1.21. The van der Waals surface area contributed by atoms with Crippen LogP contribution in [0, 0.1) is 11.7 Å². The van der Waals surface area contributed by atoms with E-state index in [1.807, 2.05) is 10.9 Å². The molecule has 1 saturated carbocycles. The summed E-state index contributed by atoms with van der Waals surface area (Å²) in [6.45, 7) is 3.52. The van der Waals surface area contributed by atoms with Crippen molar-refractivity contribution in [3.8, 4) is 0 Å². The molecule has 3 aromatic rings. The Hall–Kier alpha value is -2.84. The monoisotopic (exact) mass is 426 g/mol. The average molecular weight is 426 g/mol. The number of anilines is 1. The third kappa shape index (κ3) is 4.60. The van der Waals surface area contributed by atoms with Crippen molar-refractivity contribution in [2.45, 2.75) is 51.2 Å². The van der Waals surface area contributed by atoms with Gasteiger partial charge in [0.15, 0.2) is 0 Å². The summed E-state index contributed by atoms with van der Waals surface area (Å²) in [6.07, 6.45) is 6.80. The van der Waals surface area contributed by atoms with Crippen LogP contribution in [-0.4, -0.2) is 37.5 Å². The van der Waals surface area contributed by atoms with Crippen molar-refractivity contribution in [1.82, 2.24) is 14.8 Å². The summed E-state index contributed by atoms with van der Waals surface area (Å²) in [5, 5.41) is 28.4. The van der Waals surface area contributed by atoms with Crippen molar-refractivity contribution >= 4 is 22.5 Å². The number of amides is 1. The maximum Gasteiger partial charge on any atom is 0.274 e. The van der Waals surface area contributed by atoms with Gasteiger partial charge in [-0.25, -0.2) is 9.37 Å². The lowest BCUT2D eigenvalue weighted by Crippen LogP contribution is -2.21. The van der Waals surface area contributed by atoms with E-state index in [0.29, 0.717) is 17.2 Å². The van der Waals surface area contributed by atoms with Crippen molar-refractivity contribution < 1.29 is 19.4 Å². The second-order valence-corrected chi connectivity index (χ2v) is 8.80. The Kier molecular flexibility index (Phi) is 5.77. The SMILES string of the molecule is CC(C)(O)c1cc2nn(C3CCC(CO)CC3)cc2cc1NC(=O)c1ccc(F)cn1. The summed E-state index contributed by atoms with van der Waals surface area (Å²) in [6, 6.07) is 6.35. The van der Waals surface area contributed by atoms with Crippen LogP contribution in [0.2, 0.25) is 0 Å². The van der Waals surface area contributed by atoms with Crippen LogP contribution in [-0.2, 0) is 5.60 Å². The number of aliphatic hydroxyl groups excluding tert-OH is 1. The fourth-order valence-corrected chi connectivity index (χ4v) is 4.18. The molecule has 0 spiro atoms. The summed E-state index contributed by atoms with van der Waals surface area (Å²) >= 11 is 0. The fourth-order valence-electron chi connectivity index (χ4n) is 4.18. The first-order valence-electron chi connectivity index (χ1n) is 10.5. The zero-order chi connectivity index (χ0) is 22.2. The Bertz CT molecular complexity index is 1080. The molecule has 3 N–H and O–H groups in total. The van der Waals surface area contributed by atoms with Crippen LogP contribution in [0.5, 0.6) is 0 Å². The molecule has 0 atom stereocenters. The van der Waals surface area contributed by atoms with E-state index in [1.54, 1.807) is 26.0 Å². The molecule has 2 heterocycles. The number of pyridine rings is 1. The summed E-state index contributed by atoms with van der Waals surface area (Å²) in [7, 11) is 0. The zero-order valence-electron chi connectivity index (χ0n) is 17.7. The molecule has 2 aromatic heterocycles. The molecule has 164 valence electrons. The van der Waals surface area contributed by atoms with E-state index in [2.05, 4.69) is 10.3 Å². The predicted molar refractivity (Wildman–Crippen MR) is 115 cm³/mol. The molecule has 1 aliphatic carbocycles. The van der Waals surface area contributed by atoms with Gasteiger partial charge in [-0.1, -0.05) is 0 Å². The number of hydrogen-bond donors (Lipinski definition) is 3. The van der Waals surface area contributed by atoms with Gasteiger partial charge in [-0.2, -0.15) is 5.10 Å². The number of nitrogens with one attached hydrogen (secondary N) is 1. The van der Waals surface area contributed by atoms with Gasteiger partial charge < -0.3 is 15.5 Å². The molecule has 7 nitrogen and oxygen atoms in total. The summed E-state index contributed by atoms with van der Waals surface area (Å²) in [5.74, 6) is -0.639. The van der Waals surface area contributed by atoms with Gasteiger partial charge in [0.1, 0.15) is 11.5 Å². The van der Waals surface area contributed by atoms with E-state index >= 15 is 0 Å². The van der Waals surface area contributed by atoms with Gasteiger partial charge in [-0.15, -0.1) is 0 Å². The van der Waals surface area contributed by atoms with E-state index in [-0.39, 0.29) is 18.3 Å². The Morgan fingerprint density at radius 3 is 2.61 bits per heavy atom. The number of aliphatic hydroxyl groups is 2. The van der Waals surface area contributed by atoms with Crippen LogP contribution in [0.25, 0.3) is 10.9 Å². The van der Waals surface area contributed by atoms with E-state index in [0.717, 1.165) is 42.8 Å². The molecule has 8 heteroatoms. The predicted octanol–water partition coefficient (Wildman–Crippen LogP) is 3.77. The van der Waals surface area contributed by atoms with Gasteiger partial charge in [-0.05, 0) is 69.7 Å². The number of aromatic nitrogens is 3. The molecule has 0 aliphatic heterocycles. The number of nitrogens with zero attached hydrogens (tertiary/aromatic N) is 3. The van der Waals surface area contributed by atoms with Crippen molar-refractivity contribution in [2.75, 3.05) is 11.9 Å². The highest BCUT2D eigenvalue weighted by molar-refractivity contribution is 6.04. The van der Waals surface area contributed by atoms with E-state index in [9.17, 15) is 19.4 Å². The van der Waals surface area contributed by atoms with Gasteiger partial charge in [0.05, 0.1) is 23.4 Å². The number of rotatable bonds is 5. The fraction of sp³-hybridized carbons (Fsp3) is 0.435. The minimum absolute atomic E-state index is 0.0829. The molecular formula is C23H27FN4O3. The Labute approximate surface area is 179 Å².